The van der Waals surface area contributed by atoms with Gasteiger partial charge in [-0.15, -0.1) is 0 Å². The van der Waals surface area contributed by atoms with Crippen LogP contribution in [0.4, 0.5) is 0 Å². The Balaban J connectivity index is 1.84. The summed E-state index contributed by atoms with van der Waals surface area (Å²) in [5.74, 6) is -4.55. The van der Waals surface area contributed by atoms with E-state index in [1.54, 1.807) is 0 Å². The molecular formula is C24H25N3O9. The lowest BCUT2D eigenvalue weighted by atomic mass is 9.94. The van der Waals surface area contributed by atoms with Gasteiger partial charge in [0.15, 0.2) is 0 Å². The van der Waals surface area contributed by atoms with Gasteiger partial charge < -0.3 is 36.4 Å². The first-order chi connectivity index (χ1) is 16.9. The van der Waals surface area contributed by atoms with Crippen molar-refractivity contribution in [3.8, 4) is 22.6 Å². The highest BCUT2D eigenvalue weighted by Crippen LogP contribution is 2.37. The van der Waals surface area contributed by atoms with Crippen LogP contribution in [-0.4, -0.2) is 68.2 Å². The average Bonchev–Trinajstić information content (AvgIpc) is 2.78. The van der Waals surface area contributed by atoms with Gasteiger partial charge in [0.2, 0.25) is 17.7 Å². The van der Waals surface area contributed by atoms with Crippen molar-refractivity contribution in [3.63, 3.8) is 0 Å². The van der Waals surface area contributed by atoms with Crippen molar-refractivity contribution >= 4 is 29.7 Å². The van der Waals surface area contributed by atoms with E-state index in [4.69, 9.17) is 5.11 Å². The van der Waals surface area contributed by atoms with E-state index in [1.807, 2.05) is 0 Å². The molecule has 0 saturated carbocycles. The van der Waals surface area contributed by atoms with Crippen LogP contribution < -0.4 is 16.0 Å². The zero-order valence-electron chi connectivity index (χ0n) is 19.1. The standard InChI is InChI=1S/C24H25N3O9/c1-11(28)25-18(24(35)36)9-13-3-5-20(30)15(7-13)14-6-12(2-4-19(14)29)8-16-22(33)27-17(10-21(31)32)23(34)26-16/h2-7,16-18,29-30H,8-10H2,1H3,(H,25,28)(H,26,34)(H,27,33)(H,31,32)(H,35,36). The Bertz CT molecular complexity index is 1230. The molecule has 3 amide bonds. The quantitative estimate of drug-likeness (QED) is 0.246. The van der Waals surface area contributed by atoms with Crippen LogP contribution >= 0.6 is 0 Å². The highest BCUT2D eigenvalue weighted by atomic mass is 16.4. The molecule has 1 fully saturated rings. The van der Waals surface area contributed by atoms with Gasteiger partial charge in [0.25, 0.3) is 0 Å². The predicted molar refractivity (Wildman–Crippen MR) is 124 cm³/mol. The predicted octanol–water partition coefficient (Wildman–Crippen LogP) is -0.103. The molecule has 36 heavy (non-hydrogen) atoms. The normalized spacial score (nSPS) is 18.0. The number of carboxylic acid groups (broad SMARTS) is 2. The maximum atomic E-state index is 12.4. The number of benzene rings is 2. The Labute approximate surface area is 204 Å². The largest absolute Gasteiger partial charge is 0.507 e. The topological polar surface area (TPSA) is 202 Å². The summed E-state index contributed by atoms with van der Waals surface area (Å²) in [5, 5.41) is 46.3. The highest BCUT2D eigenvalue weighted by molar-refractivity contribution is 5.98. The van der Waals surface area contributed by atoms with Gasteiger partial charge in [0.05, 0.1) is 6.42 Å². The van der Waals surface area contributed by atoms with Crippen LogP contribution in [0.25, 0.3) is 11.1 Å². The summed E-state index contributed by atoms with van der Waals surface area (Å²) in [6, 6.07) is 5.36. The third-order valence-electron chi connectivity index (χ3n) is 5.61. The van der Waals surface area contributed by atoms with E-state index < -0.39 is 54.2 Å². The summed E-state index contributed by atoms with van der Waals surface area (Å²) < 4.78 is 0. The molecule has 1 saturated heterocycles. The Hall–Kier alpha value is -4.61. The average molecular weight is 499 g/mol. The minimum Gasteiger partial charge on any atom is -0.507 e. The molecule has 12 heteroatoms. The number of carboxylic acids is 2. The molecule has 12 nitrogen and oxygen atoms in total. The van der Waals surface area contributed by atoms with Crippen LogP contribution in [-0.2, 0) is 36.8 Å². The minimum absolute atomic E-state index is 0.0225. The number of carbonyl (C=O) groups is 5. The van der Waals surface area contributed by atoms with E-state index in [2.05, 4.69) is 16.0 Å². The number of aliphatic carboxylic acids is 2. The number of carbonyl (C=O) groups excluding carboxylic acids is 3. The maximum Gasteiger partial charge on any atom is 0.326 e. The second-order valence-corrected chi connectivity index (χ2v) is 8.42. The fourth-order valence-corrected chi connectivity index (χ4v) is 3.91. The molecule has 2 aromatic carbocycles. The zero-order chi connectivity index (χ0) is 26.6. The fraction of sp³-hybridized carbons (Fsp3) is 0.292. The SMILES string of the molecule is CC(=O)NC(Cc1ccc(O)c(-c2cc(CC3NC(=O)C(CC(=O)O)NC3=O)ccc2O)c1)C(=O)O. The number of phenols is 2. The molecule has 1 aliphatic heterocycles. The van der Waals surface area contributed by atoms with E-state index in [0.717, 1.165) is 0 Å². The molecule has 1 aliphatic rings. The van der Waals surface area contributed by atoms with Crippen molar-refractivity contribution in [1.82, 2.24) is 16.0 Å². The number of hydrogen-bond donors (Lipinski definition) is 7. The van der Waals surface area contributed by atoms with Crippen LogP contribution in [0.2, 0.25) is 0 Å². The lowest BCUT2D eigenvalue weighted by Gasteiger charge is -2.29. The molecule has 0 spiro atoms. The lowest BCUT2D eigenvalue weighted by Crippen LogP contribution is -2.62. The van der Waals surface area contributed by atoms with Gasteiger partial charge in [-0.1, -0.05) is 12.1 Å². The third kappa shape index (κ3) is 6.29. The van der Waals surface area contributed by atoms with Crippen molar-refractivity contribution < 1.29 is 44.4 Å². The summed E-state index contributed by atoms with van der Waals surface area (Å²) in [5.41, 5.74) is 1.38. The van der Waals surface area contributed by atoms with Crippen LogP contribution in [0.5, 0.6) is 11.5 Å². The molecule has 3 atom stereocenters. The van der Waals surface area contributed by atoms with E-state index in [0.29, 0.717) is 11.1 Å². The van der Waals surface area contributed by atoms with Gasteiger partial charge in [-0.3, -0.25) is 19.2 Å². The molecule has 0 aromatic heterocycles. The van der Waals surface area contributed by atoms with Crippen LogP contribution in [0.1, 0.15) is 24.5 Å². The van der Waals surface area contributed by atoms with Gasteiger partial charge in [0.1, 0.15) is 29.6 Å². The summed E-state index contributed by atoms with van der Waals surface area (Å²) in [7, 11) is 0. The molecule has 3 unspecified atom stereocenters. The minimum atomic E-state index is -1.23. The summed E-state index contributed by atoms with van der Waals surface area (Å²) in [4.78, 5) is 58.2. The number of aromatic hydroxyl groups is 2. The van der Waals surface area contributed by atoms with E-state index in [-0.39, 0.29) is 35.5 Å². The van der Waals surface area contributed by atoms with Crippen LogP contribution in [0.15, 0.2) is 36.4 Å². The van der Waals surface area contributed by atoms with E-state index in [9.17, 15) is 39.3 Å². The number of piperazine rings is 1. The molecule has 190 valence electrons. The number of nitrogens with one attached hydrogen (secondary N) is 3. The Morgan fingerprint density at radius 2 is 1.42 bits per heavy atom. The lowest BCUT2D eigenvalue weighted by molar-refractivity contribution is -0.143. The van der Waals surface area contributed by atoms with Gasteiger partial charge in [-0.05, 0) is 35.4 Å². The molecule has 2 aromatic rings. The monoisotopic (exact) mass is 499 g/mol. The summed E-state index contributed by atoms with van der Waals surface area (Å²) >= 11 is 0. The van der Waals surface area contributed by atoms with Gasteiger partial charge in [-0.2, -0.15) is 0 Å². The van der Waals surface area contributed by atoms with Crippen molar-refractivity contribution in [1.29, 1.82) is 0 Å². The first-order valence-electron chi connectivity index (χ1n) is 10.9. The molecular weight excluding hydrogens is 474 g/mol. The number of rotatable bonds is 9. The van der Waals surface area contributed by atoms with Crippen molar-refractivity contribution in [3.05, 3.63) is 47.5 Å². The first-order valence-corrected chi connectivity index (χ1v) is 10.9. The molecule has 1 heterocycles. The first kappa shape index (κ1) is 26.0. The number of amides is 3. The van der Waals surface area contributed by atoms with E-state index >= 15 is 0 Å². The molecule has 3 rings (SSSR count). The van der Waals surface area contributed by atoms with Gasteiger partial charge in [-0.25, -0.2) is 4.79 Å². The van der Waals surface area contributed by atoms with Gasteiger partial charge in [0, 0.05) is 30.9 Å². The Morgan fingerprint density at radius 3 is 1.97 bits per heavy atom. The van der Waals surface area contributed by atoms with Crippen LogP contribution in [0.3, 0.4) is 0 Å². The number of phenolic OH excluding ortho intramolecular Hbond substituents is 2. The Kier molecular flexibility index (Phi) is 7.77. The molecule has 0 bridgehead atoms. The van der Waals surface area contributed by atoms with Crippen molar-refractivity contribution in [2.45, 2.75) is 44.3 Å². The highest BCUT2D eigenvalue weighted by Gasteiger charge is 2.34. The smallest absolute Gasteiger partial charge is 0.326 e. The van der Waals surface area contributed by atoms with Crippen molar-refractivity contribution in [2.75, 3.05) is 0 Å². The zero-order valence-corrected chi connectivity index (χ0v) is 19.1. The number of hydrogen-bond acceptors (Lipinski definition) is 7. The van der Waals surface area contributed by atoms with E-state index in [1.165, 1.54) is 43.3 Å². The second kappa shape index (κ2) is 10.8. The second-order valence-electron chi connectivity index (χ2n) is 8.42. The van der Waals surface area contributed by atoms with Crippen LogP contribution in [0, 0.1) is 0 Å². The molecule has 0 aliphatic carbocycles. The third-order valence-corrected chi connectivity index (χ3v) is 5.61. The maximum absolute atomic E-state index is 12.4. The van der Waals surface area contributed by atoms with Crippen molar-refractivity contribution in [2.24, 2.45) is 0 Å². The summed E-state index contributed by atoms with van der Waals surface area (Å²) in [6.07, 6.45) is -0.600. The van der Waals surface area contributed by atoms with Gasteiger partial charge >= 0.3 is 11.9 Å². The molecule has 0 radical (unpaired) electrons. The molecule has 7 N–H and O–H groups in total. The Morgan fingerprint density at radius 1 is 0.889 bits per heavy atom. The summed E-state index contributed by atoms with van der Waals surface area (Å²) in [6.45, 7) is 1.20. The fourth-order valence-electron chi connectivity index (χ4n) is 3.91.